The minimum Gasteiger partial charge on any atom is -0.314 e. The van der Waals surface area contributed by atoms with E-state index in [4.69, 9.17) is 0 Å². The van der Waals surface area contributed by atoms with Crippen molar-refractivity contribution in [1.29, 1.82) is 0 Å². The molecule has 0 bridgehead atoms. The smallest absolute Gasteiger partial charge is 0.227 e. The Kier molecular flexibility index (Phi) is 7.77. The highest BCUT2D eigenvalue weighted by atomic mass is 32.1. The first-order valence-electron chi connectivity index (χ1n) is 16.6. The molecule has 3 heteroatoms. The van der Waals surface area contributed by atoms with Gasteiger partial charge < -0.3 is 4.90 Å². The molecule has 0 N–H and O–H groups in total. The molecule has 218 valence electrons. The maximum absolute atomic E-state index is 13.6. The normalized spacial score (nSPS) is 36.3. The Morgan fingerprint density at radius 1 is 0.950 bits per heavy atom. The number of amides is 1. The van der Waals surface area contributed by atoms with Gasteiger partial charge in [0, 0.05) is 23.2 Å². The van der Waals surface area contributed by atoms with Gasteiger partial charge in [-0.3, -0.25) is 4.79 Å². The molecule has 3 aliphatic carbocycles. The van der Waals surface area contributed by atoms with Gasteiger partial charge >= 0.3 is 0 Å². The molecule has 3 saturated carbocycles. The molecule has 0 radical (unpaired) electrons. The van der Waals surface area contributed by atoms with Crippen LogP contribution in [0, 0.1) is 52.3 Å². The maximum Gasteiger partial charge on any atom is 0.227 e. The number of carbonyl (C=O) groups excluding carboxylic acids is 1. The van der Waals surface area contributed by atoms with Crippen molar-refractivity contribution in [3.8, 4) is 10.4 Å². The SMILES string of the molecule is CC(C)CCC[C@@H](C)[C@H]1CC[C@H]2[C@@H]3CC[C@H]4CC(=O)N(C)c5cc(-c6ccccc6)sc5C[C@]4(C)[C@H]3CC[C@]12C. The molecule has 2 heterocycles. The molecule has 6 rings (SSSR count). The molecule has 0 saturated heterocycles. The first-order valence-corrected chi connectivity index (χ1v) is 17.4. The van der Waals surface area contributed by atoms with E-state index in [1.807, 2.05) is 23.3 Å². The second-order valence-corrected chi connectivity index (χ2v) is 16.4. The summed E-state index contributed by atoms with van der Waals surface area (Å²) < 4.78 is 0. The van der Waals surface area contributed by atoms with Crippen LogP contribution in [0.1, 0.15) is 104 Å². The van der Waals surface area contributed by atoms with E-state index in [-0.39, 0.29) is 5.41 Å². The van der Waals surface area contributed by atoms with Gasteiger partial charge in [0.1, 0.15) is 0 Å². The van der Waals surface area contributed by atoms with Gasteiger partial charge in [-0.2, -0.15) is 0 Å². The number of thiophene rings is 1. The lowest BCUT2D eigenvalue weighted by molar-refractivity contribution is -0.128. The number of hydrogen-bond acceptors (Lipinski definition) is 2. The standard InChI is InChI=1S/C37H53NOS/c1-24(2)11-10-12-25(3)29-17-18-30-28-16-15-27-21-35(39)38(6)32-22-33(26-13-8-7-9-14-26)40-34(32)23-37(27,5)31(28)19-20-36(29,30)4/h7-9,13-14,22,24-25,27-31H,10-12,15-21,23H2,1-6H3/t25-,27+,28+,29-,30+,31+,36-,37+/m1/s1. The number of fused-ring (bicyclic) bond motifs is 6. The van der Waals surface area contributed by atoms with Crippen LogP contribution in [0.3, 0.4) is 0 Å². The maximum atomic E-state index is 13.6. The van der Waals surface area contributed by atoms with E-state index in [0.29, 0.717) is 17.2 Å². The van der Waals surface area contributed by atoms with Crippen molar-refractivity contribution >= 4 is 22.9 Å². The zero-order valence-corrected chi connectivity index (χ0v) is 26.9. The number of anilines is 1. The molecule has 0 unspecified atom stereocenters. The number of rotatable bonds is 6. The summed E-state index contributed by atoms with van der Waals surface area (Å²) in [6, 6.07) is 13.1. The summed E-state index contributed by atoms with van der Waals surface area (Å²) >= 11 is 1.95. The number of benzene rings is 1. The van der Waals surface area contributed by atoms with Crippen LogP contribution in [0.15, 0.2) is 36.4 Å². The van der Waals surface area contributed by atoms with Crippen LogP contribution in [0.5, 0.6) is 0 Å². The molecule has 0 spiro atoms. The highest BCUT2D eigenvalue weighted by molar-refractivity contribution is 7.16. The molecular weight excluding hydrogens is 506 g/mol. The molecule has 1 amide bonds. The lowest BCUT2D eigenvalue weighted by atomic mass is 9.45. The molecule has 1 aromatic carbocycles. The summed E-state index contributed by atoms with van der Waals surface area (Å²) in [4.78, 5) is 18.4. The highest BCUT2D eigenvalue weighted by Crippen LogP contribution is 2.68. The minimum atomic E-state index is 0.218. The summed E-state index contributed by atoms with van der Waals surface area (Å²) in [5.74, 6) is 5.91. The molecule has 3 fully saturated rings. The minimum absolute atomic E-state index is 0.218. The van der Waals surface area contributed by atoms with Crippen LogP contribution in [0.2, 0.25) is 0 Å². The molecule has 1 aliphatic heterocycles. The fourth-order valence-electron chi connectivity index (χ4n) is 10.6. The molecule has 4 aliphatic rings. The molecule has 1 aromatic heterocycles. The molecule has 2 aromatic rings. The van der Waals surface area contributed by atoms with Gasteiger partial charge in [0.15, 0.2) is 0 Å². The van der Waals surface area contributed by atoms with Crippen molar-refractivity contribution in [2.45, 2.75) is 105 Å². The molecule has 2 nitrogen and oxygen atoms in total. The van der Waals surface area contributed by atoms with E-state index < -0.39 is 0 Å². The summed E-state index contributed by atoms with van der Waals surface area (Å²) in [7, 11) is 2.02. The number of hydrogen-bond donors (Lipinski definition) is 0. The van der Waals surface area contributed by atoms with Crippen LogP contribution >= 0.6 is 11.3 Å². The summed E-state index contributed by atoms with van der Waals surface area (Å²) in [6.07, 6.45) is 14.3. The summed E-state index contributed by atoms with van der Waals surface area (Å²) in [5.41, 5.74) is 3.19. The van der Waals surface area contributed by atoms with E-state index in [1.165, 1.54) is 78.8 Å². The number of nitrogens with zero attached hydrogens (tertiary/aromatic N) is 1. The van der Waals surface area contributed by atoms with Gasteiger partial charge in [0.05, 0.1) is 5.69 Å². The fourth-order valence-corrected chi connectivity index (χ4v) is 11.9. The first kappa shape index (κ1) is 28.5. The van der Waals surface area contributed by atoms with Crippen molar-refractivity contribution in [2.24, 2.45) is 52.3 Å². The Morgan fingerprint density at radius 2 is 1.70 bits per heavy atom. The quantitative estimate of drug-likeness (QED) is 0.345. The third-order valence-electron chi connectivity index (χ3n) is 12.8. The Labute approximate surface area is 248 Å². The topological polar surface area (TPSA) is 20.3 Å². The Morgan fingerprint density at radius 3 is 2.45 bits per heavy atom. The monoisotopic (exact) mass is 559 g/mol. The van der Waals surface area contributed by atoms with Crippen LogP contribution in [0.25, 0.3) is 10.4 Å². The third kappa shape index (κ3) is 4.81. The van der Waals surface area contributed by atoms with Gasteiger partial charge in [0.25, 0.3) is 0 Å². The second kappa shape index (κ2) is 10.9. The van der Waals surface area contributed by atoms with Gasteiger partial charge in [-0.1, -0.05) is 84.2 Å². The zero-order valence-electron chi connectivity index (χ0n) is 26.0. The second-order valence-electron chi connectivity index (χ2n) is 15.3. The van der Waals surface area contributed by atoms with E-state index in [9.17, 15) is 4.79 Å². The summed E-state index contributed by atoms with van der Waals surface area (Å²) in [5, 5.41) is 0. The van der Waals surface area contributed by atoms with E-state index in [1.54, 1.807) is 0 Å². The lowest BCUT2D eigenvalue weighted by Crippen LogP contribution is -2.54. The number of carbonyl (C=O) groups is 1. The molecular formula is C37H53NOS. The van der Waals surface area contributed by atoms with Gasteiger partial charge in [-0.25, -0.2) is 0 Å². The van der Waals surface area contributed by atoms with Crippen LogP contribution in [-0.2, 0) is 11.2 Å². The predicted octanol–water partition coefficient (Wildman–Crippen LogP) is 10.3. The Balaban J connectivity index is 1.28. The van der Waals surface area contributed by atoms with E-state index in [2.05, 4.69) is 71.0 Å². The largest absolute Gasteiger partial charge is 0.314 e. The average molecular weight is 560 g/mol. The van der Waals surface area contributed by atoms with Crippen molar-refractivity contribution in [3.63, 3.8) is 0 Å². The van der Waals surface area contributed by atoms with Crippen LogP contribution in [0.4, 0.5) is 5.69 Å². The lowest BCUT2D eigenvalue weighted by Gasteiger charge is -2.60. The molecule has 8 atom stereocenters. The van der Waals surface area contributed by atoms with Crippen LogP contribution in [-0.4, -0.2) is 13.0 Å². The van der Waals surface area contributed by atoms with Gasteiger partial charge in [-0.15, -0.1) is 11.3 Å². The fraction of sp³-hybridized carbons (Fsp3) is 0.703. The van der Waals surface area contributed by atoms with Crippen molar-refractivity contribution in [1.82, 2.24) is 0 Å². The van der Waals surface area contributed by atoms with E-state index >= 15 is 0 Å². The average Bonchev–Trinajstić information content (AvgIpc) is 3.50. The van der Waals surface area contributed by atoms with Crippen molar-refractivity contribution in [2.75, 3.05) is 11.9 Å². The third-order valence-corrected chi connectivity index (χ3v) is 14.0. The zero-order chi connectivity index (χ0) is 28.2. The predicted molar refractivity (Wildman–Crippen MR) is 171 cm³/mol. The van der Waals surface area contributed by atoms with Gasteiger partial charge in [0.2, 0.25) is 5.91 Å². The Hall–Kier alpha value is -1.61. The van der Waals surface area contributed by atoms with Crippen LogP contribution < -0.4 is 4.90 Å². The van der Waals surface area contributed by atoms with E-state index in [0.717, 1.165) is 48.3 Å². The molecule has 40 heavy (non-hydrogen) atoms. The van der Waals surface area contributed by atoms with Crippen molar-refractivity contribution in [3.05, 3.63) is 41.3 Å². The first-order chi connectivity index (χ1) is 19.1. The van der Waals surface area contributed by atoms with Gasteiger partial charge in [-0.05, 0) is 109 Å². The highest BCUT2D eigenvalue weighted by Gasteiger charge is 2.60. The Bertz CT molecular complexity index is 1200. The summed E-state index contributed by atoms with van der Waals surface area (Å²) in [6.45, 7) is 12.7. The van der Waals surface area contributed by atoms with Crippen molar-refractivity contribution < 1.29 is 4.79 Å².